The molecule has 2 aromatic rings. The first-order chi connectivity index (χ1) is 9.92. The molecule has 0 spiro atoms. The van der Waals surface area contributed by atoms with Crippen LogP contribution < -0.4 is 5.32 Å². The number of thiophene rings is 1. The molecule has 1 N–H and O–H groups in total. The number of nitro groups is 1. The SMILES string of the molecule is CCc1cc(C(=O)Nc2ccc(C)c([N+](=O)[O-])c2)sc1C. The number of nitro benzene ring substituents is 1. The Morgan fingerprint density at radius 3 is 2.62 bits per heavy atom. The highest BCUT2D eigenvalue weighted by atomic mass is 32.1. The Hall–Kier alpha value is -2.21. The van der Waals surface area contributed by atoms with Crippen LogP contribution in [0.2, 0.25) is 0 Å². The van der Waals surface area contributed by atoms with Crippen LogP contribution in [0.5, 0.6) is 0 Å². The Morgan fingerprint density at radius 1 is 1.33 bits per heavy atom. The molecule has 0 aliphatic rings. The topological polar surface area (TPSA) is 72.2 Å². The molecule has 1 aromatic heterocycles. The molecule has 0 fully saturated rings. The maximum atomic E-state index is 12.2. The van der Waals surface area contributed by atoms with Gasteiger partial charge in [-0.25, -0.2) is 0 Å². The van der Waals surface area contributed by atoms with Crippen LogP contribution in [0.1, 0.15) is 32.6 Å². The van der Waals surface area contributed by atoms with Crippen LogP contribution in [-0.2, 0) is 6.42 Å². The Balaban J connectivity index is 2.23. The third-order valence-electron chi connectivity index (χ3n) is 3.29. The Bertz CT molecular complexity index is 707. The van der Waals surface area contributed by atoms with Crippen LogP contribution in [0.25, 0.3) is 0 Å². The van der Waals surface area contributed by atoms with Gasteiger partial charge >= 0.3 is 0 Å². The number of aryl methyl sites for hydroxylation is 3. The lowest BCUT2D eigenvalue weighted by atomic mass is 10.2. The van der Waals surface area contributed by atoms with Crippen molar-refractivity contribution in [2.24, 2.45) is 0 Å². The molecule has 1 heterocycles. The van der Waals surface area contributed by atoms with Crippen molar-refractivity contribution in [3.05, 3.63) is 55.3 Å². The standard InChI is InChI=1S/C15H16N2O3S/c1-4-11-7-14(21-10(11)3)15(18)16-12-6-5-9(2)13(8-12)17(19)20/h5-8H,4H2,1-3H3,(H,16,18). The molecule has 2 rings (SSSR count). The number of hydrogen-bond donors (Lipinski definition) is 1. The molecule has 0 bridgehead atoms. The van der Waals surface area contributed by atoms with Gasteiger partial charge in [0.15, 0.2) is 0 Å². The molecule has 21 heavy (non-hydrogen) atoms. The highest BCUT2D eigenvalue weighted by molar-refractivity contribution is 7.14. The lowest BCUT2D eigenvalue weighted by molar-refractivity contribution is -0.385. The number of carbonyl (C=O) groups excluding carboxylic acids is 1. The summed E-state index contributed by atoms with van der Waals surface area (Å²) in [7, 11) is 0. The van der Waals surface area contributed by atoms with E-state index in [1.165, 1.54) is 17.4 Å². The van der Waals surface area contributed by atoms with Gasteiger partial charge in [0.1, 0.15) is 0 Å². The van der Waals surface area contributed by atoms with Crippen molar-refractivity contribution in [1.82, 2.24) is 0 Å². The predicted octanol–water partition coefficient (Wildman–Crippen LogP) is 4.09. The number of nitrogens with zero attached hydrogens (tertiary/aromatic N) is 1. The monoisotopic (exact) mass is 304 g/mol. The van der Waals surface area contributed by atoms with Crippen molar-refractivity contribution in [2.75, 3.05) is 5.32 Å². The molecule has 0 unspecified atom stereocenters. The van der Waals surface area contributed by atoms with Gasteiger partial charge in [-0.3, -0.25) is 14.9 Å². The maximum Gasteiger partial charge on any atom is 0.274 e. The molecule has 0 saturated carbocycles. The minimum Gasteiger partial charge on any atom is -0.321 e. The van der Waals surface area contributed by atoms with Gasteiger partial charge in [0, 0.05) is 22.2 Å². The number of hydrogen-bond acceptors (Lipinski definition) is 4. The van der Waals surface area contributed by atoms with E-state index in [1.54, 1.807) is 19.1 Å². The number of benzene rings is 1. The quantitative estimate of drug-likeness (QED) is 0.683. The lowest BCUT2D eigenvalue weighted by Crippen LogP contribution is -2.10. The number of anilines is 1. The van der Waals surface area contributed by atoms with Crippen LogP contribution in [-0.4, -0.2) is 10.8 Å². The fraction of sp³-hybridized carbons (Fsp3) is 0.267. The largest absolute Gasteiger partial charge is 0.321 e. The average Bonchev–Trinajstić information content (AvgIpc) is 2.82. The van der Waals surface area contributed by atoms with Crippen LogP contribution >= 0.6 is 11.3 Å². The fourth-order valence-corrected chi connectivity index (χ4v) is 3.07. The van der Waals surface area contributed by atoms with Gasteiger partial charge in [0.05, 0.1) is 9.80 Å². The molecular weight excluding hydrogens is 288 g/mol. The van der Waals surface area contributed by atoms with Gasteiger partial charge in [-0.05, 0) is 38.0 Å². The Morgan fingerprint density at radius 2 is 2.05 bits per heavy atom. The summed E-state index contributed by atoms with van der Waals surface area (Å²) in [5.74, 6) is -0.235. The normalized spacial score (nSPS) is 10.4. The number of amides is 1. The van der Waals surface area contributed by atoms with E-state index in [0.29, 0.717) is 16.1 Å². The molecule has 0 aliphatic heterocycles. The average molecular weight is 304 g/mol. The second-order valence-electron chi connectivity index (χ2n) is 4.76. The van der Waals surface area contributed by atoms with Gasteiger partial charge < -0.3 is 5.32 Å². The highest BCUT2D eigenvalue weighted by Crippen LogP contribution is 2.25. The van der Waals surface area contributed by atoms with Crippen molar-refractivity contribution < 1.29 is 9.72 Å². The zero-order valence-electron chi connectivity index (χ0n) is 12.1. The van der Waals surface area contributed by atoms with E-state index in [2.05, 4.69) is 5.32 Å². The first kappa shape index (κ1) is 15.2. The van der Waals surface area contributed by atoms with Crippen molar-refractivity contribution in [3.8, 4) is 0 Å². The third kappa shape index (κ3) is 3.28. The molecule has 6 heteroatoms. The maximum absolute atomic E-state index is 12.2. The van der Waals surface area contributed by atoms with E-state index >= 15 is 0 Å². The molecular formula is C15H16N2O3S. The van der Waals surface area contributed by atoms with E-state index in [9.17, 15) is 14.9 Å². The van der Waals surface area contributed by atoms with E-state index < -0.39 is 4.92 Å². The third-order valence-corrected chi connectivity index (χ3v) is 4.38. The second-order valence-corrected chi connectivity index (χ2v) is 6.01. The van der Waals surface area contributed by atoms with E-state index in [0.717, 1.165) is 16.9 Å². The predicted molar refractivity (Wildman–Crippen MR) is 84.2 cm³/mol. The molecule has 110 valence electrons. The van der Waals surface area contributed by atoms with E-state index in [1.807, 2.05) is 19.9 Å². The Labute approximate surface area is 126 Å². The zero-order valence-corrected chi connectivity index (χ0v) is 12.9. The van der Waals surface area contributed by atoms with E-state index in [-0.39, 0.29) is 11.6 Å². The molecule has 5 nitrogen and oxygen atoms in total. The number of carbonyl (C=O) groups is 1. The molecule has 0 radical (unpaired) electrons. The smallest absolute Gasteiger partial charge is 0.274 e. The summed E-state index contributed by atoms with van der Waals surface area (Å²) in [6, 6.07) is 6.55. The Kier molecular flexibility index (Phi) is 4.37. The second kappa shape index (κ2) is 6.05. The van der Waals surface area contributed by atoms with Crippen molar-refractivity contribution >= 4 is 28.6 Å². The highest BCUT2D eigenvalue weighted by Gasteiger charge is 2.15. The summed E-state index contributed by atoms with van der Waals surface area (Å²) in [5, 5.41) is 13.6. The minimum atomic E-state index is -0.449. The minimum absolute atomic E-state index is 0.00408. The zero-order chi connectivity index (χ0) is 15.6. The number of nitrogens with one attached hydrogen (secondary N) is 1. The first-order valence-corrected chi connectivity index (χ1v) is 7.39. The van der Waals surface area contributed by atoms with Gasteiger partial charge in [-0.15, -0.1) is 11.3 Å². The molecule has 1 amide bonds. The van der Waals surface area contributed by atoms with Gasteiger partial charge in [0.25, 0.3) is 11.6 Å². The van der Waals surface area contributed by atoms with Crippen LogP contribution in [0.3, 0.4) is 0 Å². The lowest BCUT2D eigenvalue weighted by Gasteiger charge is -2.04. The van der Waals surface area contributed by atoms with Gasteiger partial charge in [-0.2, -0.15) is 0 Å². The van der Waals surface area contributed by atoms with Gasteiger partial charge in [0.2, 0.25) is 0 Å². The summed E-state index contributed by atoms with van der Waals surface area (Å²) in [4.78, 5) is 24.4. The van der Waals surface area contributed by atoms with Gasteiger partial charge in [-0.1, -0.05) is 13.0 Å². The fourth-order valence-electron chi connectivity index (χ4n) is 2.06. The van der Waals surface area contributed by atoms with Crippen LogP contribution in [0, 0.1) is 24.0 Å². The van der Waals surface area contributed by atoms with Crippen LogP contribution in [0.4, 0.5) is 11.4 Å². The molecule has 0 atom stereocenters. The van der Waals surface area contributed by atoms with Crippen molar-refractivity contribution in [3.63, 3.8) is 0 Å². The van der Waals surface area contributed by atoms with E-state index in [4.69, 9.17) is 0 Å². The van der Waals surface area contributed by atoms with Crippen LogP contribution in [0.15, 0.2) is 24.3 Å². The summed E-state index contributed by atoms with van der Waals surface area (Å²) in [6.45, 7) is 5.69. The molecule has 0 saturated heterocycles. The summed E-state index contributed by atoms with van der Waals surface area (Å²) in [5.41, 5.74) is 2.16. The molecule has 1 aromatic carbocycles. The summed E-state index contributed by atoms with van der Waals surface area (Å²) in [6.07, 6.45) is 0.881. The first-order valence-electron chi connectivity index (χ1n) is 6.58. The summed E-state index contributed by atoms with van der Waals surface area (Å²) < 4.78 is 0. The molecule has 0 aliphatic carbocycles. The number of rotatable bonds is 4. The van der Waals surface area contributed by atoms with Crippen molar-refractivity contribution in [1.29, 1.82) is 0 Å². The summed E-state index contributed by atoms with van der Waals surface area (Å²) >= 11 is 1.43. The van der Waals surface area contributed by atoms with Crippen molar-refractivity contribution in [2.45, 2.75) is 27.2 Å².